The van der Waals surface area contributed by atoms with Crippen molar-refractivity contribution in [1.29, 1.82) is 0 Å². The Kier molecular flexibility index (Phi) is 43.2. The van der Waals surface area contributed by atoms with Crippen molar-refractivity contribution in [2.45, 2.75) is 284 Å². The van der Waals surface area contributed by atoms with Crippen LogP contribution in [0, 0.1) is 5.41 Å². The predicted octanol–water partition coefficient (Wildman–Crippen LogP) is 17.8. The van der Waals surface area contributed by atoms with Gasteiger partial charge in [-0.1, -0.05) is 190 Å². The van der Waals surface area contributed by atoms with Gasteiger partial charge in [0.15, 0.2) is 22.8 Å². The summed E-state index contributed by atoms with van der Waals surface area (Å²) in [6.07, 6.45) is 61.5. The van der Waals surface area contributed by atoms with Gasteiger partial charge in [-0.2, -0.15) is 0 Å². The topological polar surface area (TPSA) is 104 Å². The van der Waals surface area contributed by atoms with E-state index in [1.807, 2.05) is 0 Å². The molecule has 0 aromatic heterocycles. The van der Waals surface area contributed by atoms with E-state index >= 15 is 0 Å². The van der Waals surface area contributed by atoms with Crippen LogP contribution in [0.4, 0.5) is 0 Å². The monoisotopic (exact) mass is 932 g/mol. The molecule has 6 nitrogen and oxygen atoms in total. The van der Waals surface area contributed by atoms with E-state index in [4.69, 9.17) is 10.5 Å². The molecule has 0 fully saturated rings. The second-order valence-corrected chi connectivity index (χ2v) is 20.0. The number of ether oxygens (including phenoxy) is 1. The normalized spacial score (nSPS) is 13.2. The molecule has 384 valence electrons. The Morgan fingerprint density at radius 3 is 0.866 bits per heavy atom. The molecule has 0 spiro atoms. The van der Waals surface area contributed by atoms with Gasteiger partial charge in [0.1, 0.15) is 11.6 Å². The molecule has 0 rings (SSSR count). The van der Waals surface area contributed by atoms with Crippen molar-refractivity contribution in [2.24, 2.45) is 11.1 Å². The Labute approximate surface area is 414 Å². The van der Waals surface area contributed by atoms with E-state index in [0.717, 1.165) is 135 Å². The maximum atomic E-state index is 14.5. The third kappa shape index (κ3) is 35.6. The van der Waals surface area contributed by atoms with Gasteiger partial charge in [0.25, 0.3) is 0 Å². The summed E-state index contributed by atoms with van der Waals surface area (Å²) in [5.74, 6) is -2.37. The van der Waals surface area contributed by atoms with Crippen molar-refractivity contribution in [3.8, 4) is 0 Å². The van der Waals surface area contributed by atoms with Crippen molar-refractivity contribution in [3.63, 3.8) is 0 Å². The Hall–Kier alpha value is -3.12. The molecule has 0 bridgehead atoms. The van der Waals surface area contributed by atoms with Crippen molar-refractivity contribution in [1.82, 2.24) is 0 Å². The van der Waals surface area contributed by atoms with Crippen LogP contribution < -0.4 is 5.73 Å². The number of unbranched alkanes of at least 4 members (excludes halogenated alkanes) is 24. The fraction of sp³-hybridized carbons (Fsp3) is 0.738. The van der Waals surface area contributed by atoms with E-state index in [1.165, 1.54) is 57.8 Å². The lowest BCUT2D eigenvalue weighted by atomic mass is 9.66. The van der Waals surface area contributed by atoms with Crippen molar-refractivity contribution >= 4 is 23.3 Å². The molecule has 0 amide bonds. The molecule has 0 heterocycles. The van der Waals surface area contributed by atoms with Gasteiger partial charge in [-0.3, -0.25) is 19.2 Å². The predicted molar refractivity (Wildman–Crippen MR) is 289 cm³/mol. The van der Waals surface area contributed by atoms with Gasteiger partial charge in [-0.25, -0.2) is 0 Å². The zero-order valence-electron chi connectivity index (χ0n) is 44.6. The molecule has 0 aliphatic rings. The Morgan fingerprint density at radius 1 is 0.373 bits per heavy atom. The van der Waals surface area contributed by atoms with Gasteiger partial charge < -0.3 is 10.5 Å². The third-order valence-corrected chi connectivity index (χ3v) is 12.5. The molecule has 0 saturated heterocycles. The summed E-state index contributed by atoms with van der Waals surface area (Å²) in [5, 5.41) is 0. The molecular weight excluding hydrogens is 827 g/mol. The number of ketones is 3. The highest BCUT2D eigenvalue weighted by molar-refractivity contribution is 6.27. The number of nitrogens with two attached hydrogens (primary N) is 1. The summed E-state index contributed by atoms with van der Waals surface area (Å²) in [4.78, 5) is 57.4. The second-order valence-electron chi connectivity index (χ2n) is 20.0. The third-order valence-electron chi connectivity index (χ3n) is 12.5. The average Bonchev–Trinajstić information content (AvgIpc) is 3.29. The summed E-state index contributed by atoms with van der Waals surface area (Å²) in [7, 11) is 0. The van der Waals surface area contributed by atoms with Crippen LogP contribution in [0.1, 0.15) is 273 Å². The van der Waals surface area contributed by atoms with Crippen LogP contribution in [-0.4, -0.2) is 35.0 Å². The first-order valence-electron chi connectivity index (χ1n) is 28.0. The maximum Gasteiger partial charge on any atom is 0.325 e. The van der Waals surface area contributed by atoms with Gasteiger partial charge in [0.2, 0.25) is 0 Å². The fourth-order valence-corrected chi connectivity index (χ4v) is 8.41. The number of esters is 1. The maximum absolute atomic E-state index is 14.5. The lowest BCUT2D eigenvalue weighted by molar-refractivity contribution is -0.168. The molecule has 0 aromatic carbocycles. The molecule has 2 N–H and O–H groups in total. The number of rotatable bonds is 47. The van der Waals surface area contributed by atoms with E-state index in [0.29, 0.717) is 19.3 Å². The SMILES string of the molecule is CCCCC/C=C\C/C=C\CCCCCCCC(=O)C(C(=O)CCCCCCC/C=C\C/C=C\CCCCC)(C(=O)CCCCCCC/C=C\C/C=C\CCCCC)C(N)C(=O)OC(C)(C)C. The lowest BCUT2D eigenvalue weighted by Gasteiger charge is -2.35. The van der Waals surface area contributed by atoms with Crippen LogP contribution in [0.15, 0.2) is 72.9 Å². The summed E-state index contributed by atoms with van der Waals surface area (Å²) in [5.41, 5.74) is 3.59. The summed E-state index contributed by atoms with van der Waals surface area (Å²) < 4.78 is 5.70. The number of Topliss-reactive ketones (excluding diaryl/α,β-unsaturated/α-hetero) is 3. The Bertz CT molecular complexity index is 1270. The number of hydrogen-bond acceptors (Lipinski definition) is 6. The highest BCUT2D eigenvalue weighted by Crippen LogP contribution is 2.34. The molecule has 0 aliphatic heterocycles. The summed E-state index contributed by atoms with van der Waals surface area (Å²) in [6, 6.07) is -1.67. The van der Waals surface area contributed by atoms with Gasteiger partial charge in [0.05, 0.1) is 0 Å². The number of allylic oxidation sites excluding steroid dienone is 12. The van der Waals surface area contributed by atoms with Crippen molar-refractivity contribution < 1.29 is 23.9 Å². The first kappa shape index (κ1) is 63.9. The quantitative estimate of drug-likeness (QED) is 0.0282. The largest absolute Gasteiger partial charge is 0.459 e. The minimum Gasteiger partial charge on any atom is -0.459 e. The van der Waals surface area contributed by atoms with Gasteiger partial charge >= 0.3 is 5.97 Å². The lowest BCUT2D eigenvalue weighted by Crippen LogP contribution is -2.62. The molecule has 0 saturated carbocycles. The smallest absolute Gasteiger partial charge is 0.325 e. The van der Waals surface area contributed by atoms with E-state index in [2.05, 4.69) is 93.7 Å². The van der Waals surface area contributed by atoms with E-state index < -0.39 is 40.4 Å². The van der Waals surface area contributed by atoms with Crippen molar-refractivity contribution in [2.75, 3.05) is 0 Å². The van der Waals surface area contributed by atoms with Crippen LogP contribution >= 0.6 is 0 Å². The minimum absolute atomic E-state index is 0.0444. The molecule has 0 aliphatic carbocycles. The van der Waals surface area contributed by atoms with Crippen LogP contribution in [-0.2, 0) is 23.9 Å². The highest BCUT2D eigenvalue weighted by Gasteiger charge is 2.57. The number of carbonyl (C=O) groups excluding carboxylic acids is 4. The standard InChI is InChI=1S/C61H105NO5/c1-7-10-13-16-19-22-25-28-31-34-37-40-43-46-49-52-55(63)61(58(62)59(66)67-60(4,5)6,56(64)53-50-47-44-41-38-35-32-29-26-23-20-17-14-11-8-2)57(65)54-51-48-45-42-39-36-33-30-27-24-21-18-15-12-9-3/h19-24,28-33,58H,7-18,25-27,34-54,62H2,1-6H3/b22-19-,23-20-,24-21-,31-28-,32-29-,33-30-. The first-order valence-corrected chi connectivity index (χ1v) is 28.0. The molecule has 0 aromatic rings. The summed E-state index contributed by atoms with van der Waals surface area (Å²) >= 11 is 0. The van der Waals surface area contributed by atoms with E-state index in [-0.39, 0.29) is 19.3 Å². The van der Waals surface area contributed by atoms with Gasteiger partial charge in [-0.05, 0) is 136 Å². The van der Waals surface area contributed by atoms with Crippen LogP contribution in [0.5, 0.6) is 0 Å². The molecule has 67 heavy (non-hydrogen) atoms. The first-order chi connectivity index (χ1) is 32.5. The fourth-order valence-electron chi connectivity index (χ4n) is 8.41. The molecule has 1 unspecified atom stereocenters. The van der Waals surface area contributed by atoms with Gasteiger partial charge in [0, 0.05) is 19.3 Å². The zero-order chi connectivity index (χ0) is 49.5. The second kappa shape index (κ2) is 45.3. The van der Waals surface area contributed by atoms with E-state index in [1.54, 1.807) is 20.8 Å². The van der Waals surface area contributed by atoms with Crippen LogP contribution in [0.3, 0.4) is 0 Å². The minimum atomic E-state index is -2.22. The van der Waals surface area contributed by atoms with Crippen LogP contribution in [0.2, 0.25) is 0 Å². The molecule has 1 atom stereocenters. The average molecular weight is 933 g/mol. The number of carbonyl (C=O) groups is 4. The van der Waals surface area contributed by atoms with Gasteiger partial charge in [-0.15, -0.1) is 0 Å². The Balaban J connectivity index is 5.58. The number of hydrogen-bond donors (Lipinski definition) is 1. The zero-order valence-corrected chi connectivity index (χ0v) is 44.6. The highest BCUT2D eigenvalue weighted by atomic mass is 16.6. The summed E-state index contributed by atoms with van der Waals surface area (Å²) in [6.45, 7) is 11.9. The van der Waals surface area contributed by atoms with Crippen LogP contribution in [0.25, 0.3) is 0 Å². The molecule has 6 heteroatoms. The van der Waals surface area contributed by atoms with E-state index in [9.17, 15) is 19.2 Å². The molecule has 0 radical (unpaired) electrons. The molecular formula is C61H105NO5. The Morgan fingerprint density at radius 2 is 0.612 bits per heavy atom. The van der Waals surface area contributed by atoms with Crippen molar-refractivity contribution in [3.05, 3.63) is 72.9 Å².